The Morgan fingerprint density at radius 2 is 1.93 bits per heavy atom. The lowest BCUT2D eigenvalue weighted by molar-refractivity contribution is -0.137. The molecule has 1 aromatic heterocycles. The number of fused-ring (bicyclic) bond motifs is 1. The van der Waals surface area contributed by atoms with Crippen LogP contribution in [0.3, 0.4) is 0 Å². The summed E-state index contributed by atoms with van der Waals surface area (Å²) < 4.78 is 76.6. The third kappa shape index (κ3) is 6.21. The van der Waals surface area contributed by atoms with Gasteiger partial charge in [-0.2, -0.15) is 28.4 Å². The molecule has 2 aromatic rings. The van der Waals surface area contributed by atoms with Crippen LogP contribution in [0.15, 0.2) is 30.9 Å². The minimum atomic E-state index is -4.55. The lowest BCUT2D eigenvalue weighted by Gasteiger charge is -2.42. The van der Waals surface area contributed by atoms with Crippen LogP contribution in [0.4, 0.5) is 33.5 Å². The van der Waals surface area contributed by atoms with Crippen molar-refractivity contribution in [3.05, 3.63) is 53.2 Å². The predicted octanol–water partition coefficient (Wildman–Crippen LogP) is 4.74. The van der Waals surface area contributed by atoms with E-state index in [1.807, 2.05) is 4.90 Å². The maximum atomic E-state index is 14.2. The van der Waals surface area contributed by atoms with E-state index in [2.05, 4.69) is 17.6 Å². The third-order valence-electron chi connectivity index (χ3n) is 9.60. The zero-order valence-electron chi connectivity index (χ0n) is 25.6. The van der Waals surface area contributed by atoms with E-state index < -0.39 is 29.2 Å². The van der Waals surface area contributed by atoms with Crippen LogP contribution in [0.1, 0.15) is 48.1 Å². The second-order valence-electron chi connectivity index (χ2n) is 12.6. The van der Waals surface area contributed by atoms with Crippen LogP contribution in [-0.2, 0) is 23.9 Å². The molecule has 0 spiro atoms. The Morgan fingerprint density at radius 1 is 1.15 bits per heavy atom. The summed E-state index contributed by atoms with van der Waals surface area (Å²) in [4.78, 5) is 29.0. The number of nitriles is 1. The number of carbonyl (C=O) groups excluding carboxylic acids is 1. The largest absolute Gasteiger partial charge is 0.461 e. The lowest BCUT2D eigenvalue weighted by Crippen LogP contribution is -2.55. The predicted molar refractivity (Wildman–Crippen MR) is 160 cm³/mol. The number of alkyl halides is 5. The Hall–Kier alpha value is -3.99. The zero-order chi connectivity index (χ0) is 32.9. The summed E-state index contributed by atoms with van der Waals surface area (Å²) in [5, 5.41) is 9.48. The fourth-order valence-corrected chi connectivity index (χ4v) is 6.98. The second kappa shape index (κ2) is 12.0. The summed E-state index contributed by atoms with van der Waals surface area (Å²) in [6.07, 6.45) is -1.66. The third-order valence-corrected chi connectivity index (χ3v) is 9.60. The van der Waals surface area contributed by atoms with Crippen molar-refractivity contribution in [1.82, 2.24) is 19.8 Å². The van der Waals surface area contributed by atoms with Gasteiger partial charge in [-0.25, -0.2) is 8.78 Å². The summed E-state index contributed by atoms with van der Waals surface area (Å²) in [7, 11) is 0. The number of halogens is 5. The number of aromatic nitrogens is 2. The molecule has 2 saturated heterocycles. The van der Waals surface area contributed by atoms with Crippen LogP contribution in [0, 0.1) is 18.3 Å². The van der Waals surface area contributed by atoms with Gasteiger partial charge in [-0.05, 0) is 43.9 Å². The number of benzene rings is 1. The molecule has 1 amide bonds. The standard InChI is InChI=1S/C32H36F5N7O2/c1-3-26(45)44-16-15-42(17-22(44)7-12-38)28-23-8-13-41(25-6-4-5-21(2)27(25)32(35,36)37)18-24(23)39-29(40-28)46-20-30(9-10-30)43-14-11-31(33,34)19-43/h3-6,22H,1,7-11,13-20H2,2H3/t22-/m0/s1. The van der Waals surface area contributed by atoms with Crippen molar-refractivity contribution < 1.29 is 31.5 Å². The normalized spacial score (nSPS) is 22.3. The minimum Gasteiger partial charge on any atom is -0.461 e. The fraction of sp³-hybridized carbons (Fsp3) is 0.562. The molecule has 9 nitrogen and oxygen atoms in total. The number of piperazine rings is 1. The highest BCUT2D eigenvalue weighted by Gasteiger charge is 2.55. The van der Waals surface area contributed by atoms with Gasteiger partial charge in [0, 0.05) is 50.4 Å². The number of carbonyl (C=O) groups is 1. The second-order valence-corrected chi connectivity index (χ2v) is 12.6. The Labute approximate surface area is 264 Å². The van der Waals surface area contributed by atoms with Gasteiger partial charge >= 0.3 is 12.2 Å². The lowest BCUT2D eigenvalue weighted by atomic mass is 10.00. The van der Waals surface area contributed by atoms with Gasteiger partial charge in [-0.15, -0.1) is 0 Å². The van der Waals surface area contributed by atoms with E-state index in [0.717, 1.165) is 5.56 Å². The van der Waals surface area contributed by atoms with E-state index in [-0.39, 0.29) is 62.3 Å². The molecule has 246 valence electrons. The van der Waals surface area contributed by atoms with E-state index in [0.29, 0.717) is 57.0 Å². The molecule has 1 aromatic carbocycles. The van der Waals surface area contributed by atoms with Crippen LogP contribution in [-0.4, -0.2) is 89.1 Å². The number of rotatable bonds is 8. The summed E-state index contributed by atoms with van der Waals surface area (Å²) in [5.74, 6) is -2.47. The number of ether oxygens (including phenoxy) is 1. The summed E-state index contributed by atoms with van der Waals surface area (Å²) in [6, 6.07) is 6.25. The molecule has 4 aliphatic rings. The smallest absolute Gasteiger partial charge is 0.418 e. The molecule has 0 bridgehead atoms. The number of aryl methyl sites for hydroxylation is 1. The first kappa shape index (κ1) is 32.0. The first-order valence-electron chi connectivity index (χ1n) is 15.5. The molecule has 1 aliphatic carbocycles. The highest BCUT2D eigenvalue weighted by molar-refractivity contribution is 5.87. The maximum Gasteiger partial charge on any atom is 0.418 e. The number of hydrogen-bond acceptors (Lipinski definition) is 8. The Kier molecular flexibility index (Phi) is 8.33. The van der Waals surface area contributed by atoms with Crippen molar-refractivity contribution in [2.45, 2.75) is 69.3 Å². The van der Waals surface area contributed by atoms with Gasteiger partial charge in [-0.3, -0.25) is 9.69 Å². The molecular weight excluding hydrogens is 609 g/mol. The van der Waals surface area contributed by atoms with E-state index in [1.165, 1.54) is 25.1 Å². The number of amides is 1. The first-order valence-corrected chi connectivity index (χ1v) is 15.5. The van der Waals surface area contributed by atoms with Crippen LogP contribution in [0.25, 0.3) is 0 Å². The quantitative estimate of drug-likeness (QED) is 0.301. The summed E-state index contributed by atoms with van der Waals surface area (Å²) in [6.45, 7) is 6.47. The van der Waals surface area contributed by atoms with Crippen molar-refractivity contribution in [3.63, 3.8) is 0 Å². The average Bonchev–Trinajstić information content (AvgIpc) is 3.72. The molecule has 14 heteroatoms. The number of likely N-dealkylation sites (tertiary alicyclic amines) is 1. The van der Waals surface area contributed by atoms with Crippen molar-refractivity contribution in [3.8, 4) is 12.1 Å². The zero-order valence-corrected chi connectivity index (χ0v) is 25.6. The molecule has 4 heterocycles. The topological polar surface area (TPSA) is 88.8 Å². The Bertz CT molecular complexity index is 1550. The van der Waals surface area contributed by atoms with E-state index in [4.69, 9.17) is 9.72 Å². The molecular formula is C32H36F5N7O2. The van der Waals surface area contributed by atoms with E-state index in [9.17, 15) is 32.0 Å². The minimum absolute atomic E-state index is 0.0227. The monoisotopic (exact) mass is 645 g/mol. The van der Waals surface area contributed by atoms with Crippen LogP contribution in [0.2, 0.25) is 0 Å². The summed E-state index contributed by atoms with van der Waals surface area (Å²) >= 11 is 0. The van der Waals surface area contributed by atoms with Gasteiger partial charge in [0.1, 0.15) is 12.4 Å². The van der Waals surface area contributed by atoms with Gasteiger partial charge < -0.3 is 19.4 Å². The Morgan fingerprint density at radius 3 is 2.59 bits per heavy atom. The molecule has 46 heavy (non-hydrogen) atoms. The fourth-order valence-electron chi connectivity index (χ4n) is 6.98. The number of nitrogens with zero attached hydrogens (tertiary/aromatic N) is 7. The van der Waals surface area contributed by atoms with Gasteiger partial charge in [-0.1, -0.05) is 18.7 Å². The first-order chi connectivity index (χ1) is 21.8. The van der Waals surface area contributed by atoms with Gasteiger partial charge in [0.15, 0.2) is 0 Å². The van der Waals surface area contributed by atoms with E-state index in [1.54, 1.807) is 20.8 Å². The van der Waals surface area contributed by atoms with Gasteiger partial charge in [0.2, 0.25) is 5.91 Å². The molecule has 1 saturated carbocycles. The van der Waals surface area contributed by atoms with Crippen LogP contribution < -0.4 is 14.5 Å². The van der Waals surface area contributed by atoms with E-state index >= 15 is 0 Å². The van der Waals surface area contributed by atoms with Gasteiger partial charge in [0.05, 0.1) is 48.4 Å². The van der Waals surface area contributed by atoms with Gasteiger partial charge in [0.25, 0.3) is 5.92 Å². The van der Waals surface area contributed by atoms with Crippen molar-refractivity contribution >= 4 is 17.4 Å². The molecule has 0 unspecified atom stereocenters. The number of hydrogen-bond donors (Lipinski definition) is 0. The number of anilines is 2. The van der Waals surface area contributed by atoms with Crippen LogP contribution in [0.5, 0.6) is 6.01 Å². The summed E-state index contributed by atoms with van der Waals surface area (Å²) in [5.41, 5.74) is 0.261. The van der Waals surface area contributed by atoms with Crippen LogP contribution >= 0.6 is 0 Å². The SMILES string of the molecule is C=CC(=O)N1CCN(c2nc(OCC3(N4CCC(F)(F)C4)CC3)nc3c2CCN(c2cccc(C)c2C(F)(F)F)C3)C[C@@H]1CC#N. The molecule has 3 fully saturated rings. The van der Waals surface area contributed by atoms with Crippen molar-refractivity contribution in [2.24, 2.45) is 0 Å². The average molecular weight is 646 g/mol. The highest BCUT2D eigenvalue weighted by Crippen LogP contribution is 2.46. The Balaban J connectivity index is 1.32. The molecule has 0 radical (unpaired) electrons. The maximum absolute atomic E-state index is 14.2. The molecule has 0 N–H and O–H groups in total. The highest BCUT2D eigenvalue weighted by atomic mass is 19.4. The molecule has 1 atom stereocenters. The van der Waals surface area contributed by atoms with Crippen molar-refractivity contribution in [1.29, 1.82) is 5.26 Å². The van der Waals surface area contributed by atoms with Crippen molar-refractivity contribution in [2.75, 3.05) is 55.7 Å². The molecule has 6 rings (SSSR count). The molecule has 3 aliphatic heterocycles.